The van der Waals surface area contributed by atoms with Crippen molar-refractivity contribution in [2.24, 2.45) is 7.05 Å². The Kier molecular flexibility index (Phi) is 6.47. The van der Waals surface area contributed by atoms with Gasteiger partial charge in [0, 0.05) is 37.2 Å². The van der Waals surface area contributed by atoms with Gasteiger partial charge in [0.2, 0.25) is 5.95 Å². The number of benzene rings is 2. The number of halogens is 2. The Bertz CT molecular complexity index is 1420. The molecule has 186 valence electrons. The van der Waals surface area contributed by atoms with Crippen LogP contribution in [0.15, 0.2) is 48.9 Å². The van der Waals surface area contributed by atoms with Crippen molar-refractivity contribution in [2.45, 2.75) is 18.5 Å². The third kappa shape index (κ3) is 4.82. The Balaban J connectivity index is 1.46. The highest BCUT2D eigenvalue weighted by Gasteiger charge is 2.22. The summed E-state index contributed by atoms with van der Waals surface area (Å²) in [6.07, 6.45) is 5.49. The summed E-state index contributed by atoms with van der Waals surface area (Å²) >= 11 is 0. The lowest BCUT2D eigenvalue weighted by molar-refractivity contribution is 0.0942. The van der Waals surface area contributed by atoms with E-state index in [0.29, 0.717) is 30.3 Å². The van der Waals surface area contributed by atoms with Gasteiger partial charge in [-0.25, -0.2) is 18.7 Å². The number of carbonyl (C=O) groups excluding carboxylic acids is 1. The highest BCUT2D eigenvalue weighted by molar-refractivity contribution is 5.98. The highest BCUT2D eigenvalue weighted by Crippen LogP contribution is 2.27. The van der Waals surface area contributed by atoms with Gasteiger partial charge in [0.25, 0.3) is 5.91 Å². The Morgan fingerprint density at radius 3 is 2.75 bits per heavy atom. The smallest absolute Gasteiger partial charge is 0.252 e. The molecule has 5 rings (SSSR count). The van der Waals surface area contributed by atoms with E-state index < -0.39 is 23.6 Å². The highest BCUT2D eigenvalue weighted by atomic mass is 19.1. The molecule has 1 fully saturated rings. The molecule has 0 aliphatic carbocycles. The molecule has 2 aromatic heterocycles. The molecule has 1 aliphatic heterocycles. The first-order chi connectivity index (χ1) is 17.4. The number of nitrogens with zero attached hydrogens (tertiary/aromatic N) is 4. The molecule has 0 saturated carbocycles. The summed E-state index contributed by atoms with van der Waals surface area (Å²) in [6, 6.07) is 6.39. The summed E-state index contributed by atoms with van der Waals surface area (Å²) in [6.45, 7) is 1.19. The third-order valence-corrected chi connectivity index (χ3v) is 6.02. The minimum absolute atomic E-state index is 0.0664. The summed E-state index contributed by atoms with van der Waals surface area (Å²) in [5.74, 6) is -1.34. The molecule has 1 saturated heterocycles. The van der Waals surface area contributed by atoms with Crippen LogP contribution in [0.4, 0.5) is 14.7 Å². The molecule has 1 unspecified atom stereocenters. The maximum Gasteiger partial charge on any atom is 0.252 e. The molecule has 3 heterocycles. The first-order valence-electron chi connectivity index (χ1n) is 11.3. The number of hydrogen-bond donors (Lipinski definition) is 2. The van der Waals surface area contributed by atoms with Crippen molar-refractivity contribution >= 4 is 22.8 Å². The number of methoxy groups -OCH3 is 1. The van der Waals surface area contributed by atoms with Gasteiger partial charge < -0.3 is 20.1 Å². The lowest BCUT2D eigenvalue weighted by Crippen LogP contribution is -2.29. The molecule has 9 nitrogen and oxygen atoms in total. The Morgan fingerprint density at radius 1 is 1.19 bits per heavy atom. The monoisotopic (exact) mass is 494 g/mol. The van der Waals surface area contributed by atoms with Gasteiger partial charge in [-0.1, -0.05) is 6.07 Å². The summed E-state index contributed by atoms with van der Waals surface area (Å²) in [7, 11) is 3.11. The fourth-order valence-electron chi connectivity index (χ4n) is 4.15. The number of fused-ring (bicyclic) bond motifs is 1. The van der Waals surface area contributed by atoms with Crippen LogP contribution in [-0.4, -0.2) is 52.0 Å². The molecule has 1 amide bonds. The molecular formula is C25H24F2N6O3. The minimum Gasteiger partial charge on any atom is -0.494 e. The van der Waals surface area contributed by atoms with Gasteiger partial charge in [-0.15, -0.1) is 0 Å². The van der Waals surface area contributed by atoms with E-state index in [9.17, 15) is 13.6 Å². The van der Waals surface area contributed by atoms with Crippen LogP contribution in [-0.2, 0) is 11.8 Å². The van der Waals surface area contributed by atoms with E-state index in [1.165, 1.54) is 31.5 Å². The van der Waals surface area contributed by atoms with Crippen molar-refractivity contribution in [3.8, 4) is 5.75 Å². The number of aryl methyl sites for hydroxylation is 1. The predicted molar refractivity (Wildman–Crippen MR) is 128 cm³/mol. The number of anilines is 1. The quantitative estimate of drug-likeness (QED) is 0.406. The van der Waals surface area contributed by atoms with Crippen LogP contribution in [0.1, 0.15) is 33.9 Å². The van der Waals surface area contributed by atoms with Crippen molar-refractivity contribution in [3.05, 3.63) is 77.2 Å². The maximum absolute atomic E-state index is 14.9. The summed E-state index contributed by atoms with van der Waals surface area (Å²) in [4.78, 5) is 21.9. The van der Waals surface area contributed by atoms with E-state index >= 15 is 0 Å². The van der Waals surface area contributed by atoms with E-state index in [-0.39, 0.29) is 28.3 Å². The summed E-state index contributed by atoms with van der Waals surface area (Å²) < 4.78 is 41.3. The zero-order valence-electron chi connectivity index (χ0n) is 19.7. The zero-order valence-corrected chi connectivity index (χ0v) is 19.7. The molecule has 4 aromatic rings. The first-order valence-corrected chi connectivity index (χ1v) is 11.3. The normalized spacial score (nSPS) is 16.2. The van der Waals surface area contributed by atoms with Crippen LogP contribution >= 0.6 is 0 Å². The van der Waals surface area contributed by atoms with Crippen LogP contribution in [0, 0.1) is 11.6 Å². The largest absolute Gasteiger partial charge is 0.494 e. The number of aromatic nitrogens is 4. The van der Waals surface area contributed by atoms with Gasteiger partial charge in [0.1, 0.15) is 5.82 Å². The van der Waals surface area contributed by atoms with Gasteiger partial charge >= 0.3 is 0 Å². The fraction of sp³-hybridized carbons (Fsp3) is 0.280. The Labute approximate surface area is 205 Å². The van der Waals surface area contributed by atoms with Gasteiger partial charge in [-0.3, -0.25) is 9.48 Å². The van der Waals surface area contributed by atoms with Crippen LogP contribution in [0.5, 0.6) is 5.75 Å². The second-order valence-electron chi connectivity index (χ2n) is 8.54. The topological polar surface area (TPSA) is 103 Å². The van der Waals surface area contributed by atoms with E-state index in [0.717, 1.165) is 12.5 Å². The SMILES string of the molecule is COc1ccc(C(NC(=O)c2cc(F)c3cnc(N[C@@H]4CCOC4)nc3c2)c2cnn(C)c2)cc1F. The zero-order chi connectivity index (χ0) is 25.2. The van der Waals surface area contributed by atoms with Crippen molar-refractivity contribution in [1.29, 1.82) is 0 Å². The molecule has 36 heavy (non-hydrogen) atoms. The minimum atomic E-state index is -0.740. The standard InChI is InChI=1S/C25H24F2N6O3/c1-33-12-16(10-29-33)23(14-3-4-22(35-2)20(27)7-14)32-24(34)15-8-19(26)18-11-28-25(31-21(18)9-15)30-17-5-6-36-13-17/h3-4,7-12,17,23H,5-6,13H2,1-2H3,(H,32,34)(H,28,30,31)/t17-,23?/m1/s1. The average Bonchev–Trinajstić information content (AvgIpc) is 3.53. The predicted octanol–water partition coefficient (Wildman–Crippen LogP) is 3.37. The molecule has 2 aromatic carbocycles. The van der Waals surface area contributed by atoms with Crippen LogP contribution in [0.2, 0.25) is 0 Å². The second kappa shape index (κ2) is 9.86. The molecule has 0 radical (unpaired) electrons. The number of rotatable bonds is 7. The number of amides is 1. The van der Waals surface area contributed by atoms with Crippen molar-refractivity contribution in [1.82, 2.24) is 25.1 Å². The molecule has 0 spiro atoms. The Morgan fingerprint density at radius 2 is 2.06 bits per heavy atom. The second-order valence-corrected chi connectivity index (χ2v) is 8.54. The van der Waals surface area contributed by atoms with Crippen LogP contribution < -0.4 is 15.4 Å². The molecule has 2 N–H and O–H groups in total. The number of nitrogens with one attached hydrogen (secondary N) is 2. The lowest BCUT2D eigenvalue weighted by Gasteiger charge is -2.19. The van der Waals surface area contributed by atoms with E-state index in [1.54, 1.807) is 30.2 Å². The molecule has 1 aliphatic rings. The van der Waals surface area contributed by atoms with E-state index in [2.05, 4.69) is 25.7 Å². The van der Waals surface area contributed by atoms with Gasteiger partial charge in [0.05, 0.1) is 42.9 Å². The van der Waals surface area contributed by atoms with Crippen LogP contribution in [0.25, 0.3) is 10.9 Å². The summed E-state index contributed by atoms with van der Waals surface area (Å²) in [5.41, 5.74) is 1.45. The average molecular weight is 495 g/mol. The molecular weight excluding hydrogens is 470 g/mol. The summed E-state index contributed by atoms with van der Waals surface area (Å²) in [5, 5.41) is 10.4. The van der Waals surface area contributed by atoms with Gasteiger partial charge in [0.15, 0.2) is 11.6 Å². The van der Waals surface area contributed by atoms with Crippen molar-refractivity contribution < 1.29 is 23.0 Å². The number of carbonyl (C=O) groups is 1. The van der Waals surface area contributed by atoms with E-state index in [4.69, 9.17) is 9.47 Å². The van der Waals surface area contributed by atoms with Crippen molar-refractivity contribution in [3.63, 3.8) is 0 Å². The lowest BCUT2D eigenvalue weighted by atomic mass is 10.0. The number of ether oxygens (including phenoxy) is 2. The number of hydrogen-bond acceptors (Lipinski definition) is 7. The van der Waals surface area contributed by atoms with Crippen molar-refractivity contribution in [2.75, 3.05) is 25.6 Å². The third-order valence-electron chi connectivity index (χ3n) is 6.02. The first kappa shape index (κ1) is 23.6. The maximum atomic E-state index is 14.9. The van der Waals surface area contributed by atoms with E-state index in [1.807, 2.05) is 0 Å². The van der Waals surface area contributed by atoms with Gasteiger partial charge in [-0.05, 0) is 36.2 Å². The Hall–Kier alpha value is -4.12. The molecule has 0 bridgehead atoms. The van der Waals surface area contributed by atoms with Crippen LogP contribution in [0.3, 0.4) is 0 Å². The molecule has 2 atom stereocenters. The molecule has 11 heteroatoms. The van der Waals surface area contributed by atoms with Gasteiger partial charge in [-0.2, -0.15) is 5.10 Å². The fourth-order valence-corrected chi connectivity index (χ4v) is 4.15.